The number of aliphatic hydroxyl groups excluding tert-OH is 1. The van der Waals surface area contributed by atoms with Crippen LogP contribution in [0.5, 0.6) is 23.0 Å². The molecule has 0 aliphatic rings. The smallest absolute Gasteiger partial charge is 0.415 e. The van der Waals surface area contributed by atoms with Crippen molar-refractivity contribution < 1.29 is 33.3 Å². The van der Waals surface area contributed by atoms with Crippen LogP contribution >= 0.6 is 11.8 Å². The van der Waals surface area contributed by atoms with Crippen LogP contribution in [-0.4, -0.2) is 56.6 Å². The maximum absolute atomic E-state index is 12.9. The predicted octanol–water partition coefficient (Wildman–Crippen LogP) is 4.17. The number of benzene rings is 2. The topological polar surface area (TPSA) is 108 Å². The second-order valence-corrected chi connectivity index (χ2v) is 8.58. The first-order valence-electron chi connectivity index (χ1n) is 10.5. The van der Waals surface area contributed by atoms with Crippen LogP contribution in [0.25, 0.3) is 11.0 Å². The highest BCUT2D eigenvalue weighted by Gasteiger charge is 2.22. The highest BCUT2D eigenvalue weighted by Crippen LogP contribution is 2.43. The van der Waals surface area contributed by atoms with Gasteiger partial charge in [0.2, 0.25) is 5.75 Å². The van der Waals surface area contributed by atoms with Crippen LogP contribution in [-0.2, 0) is 0 Å². The summed E-state index contributed by atoms with van der Waals surface area (Å²) in [5.41, 5.74) is 0.0215. The first-order valence-corrected chi connectivity index (χ1v) is 11.3. The van der Waals surface area contributed by atoms with E-state index < -0.39 is 6.09 Å². The van der Waals surface area contributed by atoms with Crippen molar-refractivity contribution in [1.29, 1.82) is 0 Å². The van der Waals surface area contributed by atoms with Crippen molar-refractivity contribution in [1.82, 2.24) is 4.90 Å². The standard InChI is InChI=1S/C24H27NO8S/c1-14(2)31-19-13-18-21(23(30-5)22(19)29-4)17(27)12-20(33-18)34-16-8-6-15(7-9-16)32-24(28)25(3)10-11-26/h6-9,12-14,26H,10-11H2,1-5H3. The van der Waals surface area contributed by atoms with Crippen LogP contribution in [0.4, 0.5) is 4.79 Å². The van der Waals surface area contributed by atoms with E-state index in [0.717, 1.165) is 4.90 Å². The van der Waals surface area contributed by atoms with Gasteiger partial charge in [-0.15, -0.1) is 0 Å². The first-order chi connectivity index (χ1) is 16.3. The van der Waals surface area contributed by atoms with E-state index in [1.807, 2.05) is 13.8 Å². The summed E-state index contributed by atoms with van der Waals surface area (Å²) >= 11 is 1.24. The molecular weight excluding hydrogens is 462 g/mol. The number of ether oxygens (including phenoxy) is 4. The number of hydrogen-bond acceptors (Lipinski definition) is 9. The van der Waals surface area contributed by atoms with Gasteiger partial charge in [-0.1, -0.05) is 11.8 Å². The molecule has 0 atom stereocenters. The molecule has 0 saturated carbocycles. The average Bonchev–Trinajstić information content (AvgIpc) is 2.79. The number of aliphatic hydroxyl groups is 1. The maximum Gasteiger partial charge on any atom is 0.415 e. The van der Waals surface area contributed by atoms with Gasteiger partial charge in [0.25, 0.3) is 0 Å². The molecule has 9 nitrogen and oxygen atoms in total. The lowest BCUT2D eigenvalue weighted by atomic mass is 10.1. The molecule has 0 aliphatic carbocycles. The van der Waals surface area contributed by atoms with Crippen molar-refractivity contribution in [3.05, 3.63) is 46.6 Å². The van der Waals surface area contributed by atoms with Gasteiger partial charge in [0, 0.05) is 30.6 Å². The molecule has 1 heterocycles. The number of hydrogen-bond donors (Lipinski definition) is 1. The van der Waals surface area contributed by atoms with Crippen LogP contribution in [0.2, 0.25) is 0 Å². The van der Waals surface area contributed by atoms with E-state index in [2.05, 4.69) is 0 Å². The molecule has 0 aliphatic heterocycles. The van der Waals surface area contributed by atoms with E-state index in [1.54, 1.807) is 30.3 Å². The Morgan fingerprint density at radius 2 is 1.79 bits per heavy atom. The summed E-state index contributed by atoms with van der Waals surface area (Å²) in [5, 5.41) is 9.55. The monoisotopic (exact) mass is 489 g/mol. The quantitative estimate of drug-likeness (QED) is 0.474. The second-order valence-electron chi connectivity index (χ2n) is 7.50. The largest absolute Gasteiger partial charge is 0.492 e. The maximum atomic E-state index is 12.9. The number of likely N-dealkylation sites (N-methyl/N-ethyl adjacent to an activating group) is 1. The fraction of sp³-hybridized carbons (Fsp3) is 0.333. The van der Waals surface area contributed by atoms with Gasteiger partial charge in [-0.25, -0.2) is 4.79 Å². The van der Waals surface area contributed by atoms with Crippen LogP contribution in [0.3, 0.4) is 0 Å². The van der Waals surface area contributed by atoms with Crippen molar-refractivity contribution >= 4 is 28.8 Å². The molecule has 0 radical (unpaired) electrons. The SMILES string of the molecule is COc1c(OC(C)C)cc2oc(Sc3ccc(OC(=O)N(C)CCO)cc3)cc(=O)c2c1OC. The van der Waals surface area contributed by atoms with Crippen molar-refractivity contribution in [3.63, 3.8) is 0 Å². The zero-order valence-electron chi connectivity index (χ0n) is 19.6. The Morgan fingerprint density at radius 1 is 1.12 bits per heavy atom. The Labute approximate surface area is 201 Å². The third-order valence-electron chi connectivity index (χ3n) is 4.64. The van der Waals surface area contributed by atoms with Gasteiger partial charge in [0.15, 0.2) is 22.0 Å². The molecule has 1 aromatic heterocycles. The molecule has 1 N–H and O–H groups in total. The van der Waals surface area contributed by atoms with Gasteiger partial charge < -0.3 is 33.4 Å². The Morgan fingerprint density at radius 3 is 2.38 bits per heavy atom. The van der Waals surface area contributed by atoms with Gasteiger partial charge in [-0.3, -0.25) is 4.79 Å². The summed E-state index contributed by atoms with van der Waals surface area (Å²) in [4.78, 5) is 26.9. The zero-order valence-corrected chi connectivity index (χ0v) is 20.4. The fourth-order valence-electron chi connectivity index (χ4n) is 3.12. The second kappa shape index (κ2) is 11.2. The number of fused-ring (bicyclic) bond motifs is 1. The predicted molar refractivity (Wildman–Crippen MR) is 128 cm³/mol. The molecule has 0 unspecified atom stereocenters. The minimum Gasteiger partial charge on any atom is -0.492 e. The average molecular weight is 490 g/mol. The van der Waals surface area contributed by atoms with Gasteiger partial charge in [0.05, 0.1) is 26.9 Å². The van der Waals surface area contributed by atoms with Crippen molar-refractivity contribution in [3.8, 4) is 23.0 Å². The molecule has 34 heavy (non-hydrogen) atoms. The van der Waals surface area contributed by atoms with E-state index in [4.69, 9.17) is 28.5 Å². The van der Waals surface area contributed by atoms with Crippen molar-refractivity contribution in [2.45, 2.75) is 29.9 Å². The number of methoxy groups -OCH3 is 2. The summed E-state index contributed by atoms with van der Waals surface area (Å²) in [6.45, 7) is 3.78. The number of carbonyl (C=O) groups excluding carboxylic acids is 1. The Balaban J connectivity index is 1.89. The molecule has 0 saturated heterocycles. The Bertz CT molecular complexity index is 1210. The molecule has 1 amide bonds. The summed E-state index contributed by atoms with van der Waals surface area (Å²) in [6.07, 6.45) is -0.699. The molecule has 0 bridgehead atoms. The van der Waals surface area contributed by atoms with E-state index in [0.29, 0.717) is 27.9 Å². The highest BCUT2D eigenvalue weighted by molar-refractivity contribution is 7.99. The molecule has 10 heteroatoms. The molecule has 3 aromatic rings. The van der Waals surface area contributed by atoms with Gasteiger partial charge >= 0.3 is 6.09 Å². The number of carbonyl (C=O) groups is 1. The lowest BCUT2D eigenvalue weighted by Crippen LogP contribution is -2.32. The van der Waals surface area contributed by atoms with Crippen LogP contribution in [0.1, 0.15) is 13.8 Å². The first kappa shape index (κ1) is 25.3. The molecule has 2 aromatic carbocycles. The van der Waals surface area contributed by atoms with Gasteiger partial charge in [0.1, 0.15) is 16.7 Å². The normalized spacial score (nSPS) is 10.9. The molecule has 3 rings (SSSR count). The summed E-state index contributed by atoms with van der Waals surface area (Å²) in [6, 6.07) is 9.75. The van der Waals surface area contributed by atoms with Crippen LogP contribution < -0.4 is 24.4 Å². The zero-order chi connectivity index (χ0) is 24.8. The van der Waals surface area contributed by atoms with Crippen molar-refractivity contribution in [2.75, 3.05) is 34.4 Å². The number of rotatable bonds is 9. The third kappa shape index (κ3) is 5.75. The van der Waals surface area contributed by atoms with Crippen LogP contribution in [0.15, 0.2) is 55.6 Å². The lowest BCUT2D eigenvalue weighted by molar-refractivity contribution is 0.150. The van der Waals surface area contributed by atoms with Crippen molar-refractivity contribution in [2.24, 2.45) is 0 Å². The summed E-state index contributed by atoms with van der Waals surface area (Å²) < 4.78 is 28.0. The Hall–Kier alpha value is -3.37. The molecule has 182 valence electrons. The Kier molecular flexibility index (Phi) is 8.30. The van der Waals surface area contributed by atoms with Gasteiger partial charge in [-0.05, 0) is 38.1 Å². The van der Waals surface area contributed by atoms with E-state index in [9.17, 15) is 9.59 Å². The lowest BCUT2D eigenvalue weighted by Gasteiger charge is -2.17. The van der Waals surface area contributed by atoms with Gasteiger partial charge in [-0.2, -0.15) is 0 Å². The number of amides is 1. The highest BCUT2D eigenvalue weighted by atomic mass is 32.2. The van der Waals surface area contributed by atoms with E-state index in [-0.39, 0.29) is 35.8 Å². The van der Waals surface area contributed by atoms with Crippen LogP contribution in [0, 0.1) is 0 Å². The molecular formula is C24H27NO8S. The number of nitrogens with zero attached hydrogens (tertiary/aromatic N) is 1. The van der Waals surface area contributed by atoms with E-state index >= 15 is 0 Å². The minimum atomic E-state index is -0.571. The summed E-state index contributed by atoms with van der Waals surface area (Å²) in [7, 11) is 4.47. The summed E-state index contributed by atoms with van der Waals surface area (Å²) in [5.74, 6) is 1.33. The fourth-order valence-corrected chi connectivity index (χ4v) is 3.92. The minimum absolute atomic E-state index is 0.128. The molecule has 0 fully saturated rings. The molecule has 0 spiro atoms. The van der Waals surface area contributed by atoms with E-state index in [1.165, 1.54) is 44.0 Å². The third-order valence-corrected chi connectivity index (χ3v) is 5.55.